The highest BCUT2D eigenvalue weighted by atomic mass is 35.5. The van der Waals surface area contributed by atoms with E-state index in [0.29, 0.717) is 48.1 Å². The molecule has 164 valence electrons. The predicted octanol–water partition coefficient (Wildman–Crippen LogP) is 5.25. The molecule has 0 bridgehead atoms. The van der Waals surface area contributed by atoms with Crippen LogP contribution in [0.25, 0.3) is 0 Å². The Morgan fingerprint density at radius 2 is 2.00 bits per heavy atom. The normalized spacial score (nSPS) is 15.8. The summed E-state index contributed by atoms with van der Waals surface area (Å²) in [5.74, 6) is -0.150. The van der Waals surface area contributed by atoms with E-state index in [0.717, 1.165) is 0 Å². The molecule has 1 aromatic carbocycles. The highest BCUT2D eigenvalue weighted by Gasteiger charge is 2.40. The molecule has 0 atom stereocenters. The molecule has 1 saturated heterocycles. The number of carbonyl (C=O) groups is 1. The molecule has 1 aliphatic heterocycles. The summed E-state index contributed by atoms with van der Waals surface area (Å²) in [4.78, 5) is 18.4. The number of nitrogens with zero attached hydrogens (tertiary/aromatic N) is 3. The van der Waals surface area contributed by atoms with Crippen molar-refractivity contribution < 1.29 is 18.7 Å². The molecule has 0 radical (unpaired) electrons. The van der Waals surface area contributed by atoms with Crippen LogP contribution in [0.4, 0.5) is 9.18 Å². The number of hydrogen-bond acceptors (Lipinski definition) is 5. The minimum absolute atomic E-state index is 0.00850. The van der Waals surface area contributed by atoms with E-state index in [1.807, 2.05) is 20.8 Å². The number of carbonyl (C=O) groups excluding carboxylic acids is 1. The van der Waals surface area contributed by atoms with E-state index >= 15 is 0 Å². The topological polar surface area (TPSA) is 75.5 Å². The number of rotatable bonds is 4. The monoisotopic (exact) mass is 445 g/mol. The minimum Gasteiger partial charge on any atom is -0.473 e. The van der Waals surface area contributed by atoms with Crippen molar-refractivity contribution in [2.75, 3.05) is 13.1 Å². The van der Waals surface area contributed by atoms with Gasteiger partial charge in [-0.1, -0.05) is 23.7 Å². The molecular formula is C23H25ClFN3O3. The van der Waals surface area contributed by atoms with Crippen molar-refractivity contribution in [3.63, 3.8) is 0 Å². The van der Waals surface area contributed by atoms with Crippen LogP contribution in [0.3, 0.4) is 0 Å². The third-order valence-electron chi connectivity index (χ3n) is 5.09. The van der Waals surface area contributed by atoms with Crippen molar-refractivity contribution >= 4 is 17.7 Å². The van der Waals surface area contributed by atoms with E-state index in [-0.39, 0.29) is 12.7 Å². The average molecular weight is 446 g/mol. The van der Waals surface area contributed by atoms with Crippen LogP contribution in [0.15, 0.2) is 36.4 Å². The van der Waals surface area contributed by atoms with E-state index in [1.165, 1.54) is 6.07 Å². The second-order valence-electron chi connectivity index (χ2n) is 8.55. The first-order chi connectivity index (χ1) is 14.6. The Labute approximate surface area is 186 Å². The molecule has 8 heteroatoms. The lowest BCUT2D eigenvalue weighted by Gasteiger charge is -2.37. The van der Waals surface area contributed by atoms with Crippen molar-refractivity contribution in [3.05, 3.63) is 58.5 Å². The Hall–Kier alpha value is -2.85. The summed E-state index contributed by atoms with van der Waals surface area (Å²) in [6, 6.07) is 12.0. The van der Waals surface area contributed by atoms with Gasteiger partial charge in [-0.3, -0.25) is 0 Å². The highest BCUT2D eigenvalue weighted by molar-refractivity contribution is 6.30. The van der Waals surface area contributed by atoms with Crippen LogP contribution in [-0.2, 0) is 16.8 Å². The molecule has 1 fully saturated rings. The second-order valence-corrected chi connectivity index (χ2v) is 8.98. The summed E-state index contributed by atoms with van der Waals surface area (Å²) in [5, 5.41) is 10.3. The lowest BCUT2D eigenvalue weighted by molar-refractivity contribution is 0.0183. The third kappa shape index (κ3) is 5.65. The van der Waals surface area contributed by atoms with Crippen molar-refractivity contribution in [3.8, 4) is 11.9 Å². The second kappa shape index (κ2) is 9.11. The fraction of sp³-hybridized carbons (Fsp3) is 0.435. The van der Waals surface area contributed by atoms with Crippen molar-refractivity contribution in [2.45, 2.75) is 51.2 Å². The van der Waals surface area contributed by atoms with Crippen molar-refractivity contribution in [2.24, 2.45) is 0 Å². The molecule has 3 rings (SSSR count). The first-order valence-corrected chi connectivity index (χ1v) is 10.4. The third-order valence-corrected chi connectivity index (χ3v) is 5.32. The van der Waals surface area contributed by atoms with E-state index in [1.54, 1.807) is 35.2 Å². The quantitative estimate of drug-likeness (QED) is 0.642. The maximum Gasteiger partial charge on any atom is 0.410 e. The molecule has 6 nitrogen and oxygen atoms in total. The van der Waals surface area contributed by atoms with E-state index in [9.17, 15) is 14.4 Å². The van der Waals surface area contributed by atoms with Crippen LogP contribution >= 0.6 is 11.6 Å². The molecule has 2 heterocycles. The Morgan fingerprint density at radius 1 is 1.29 bits per heavy atom. The van der Waals surface area contributed by atoms with Crippen LogP contribution < -0.4 is 4.74 Å². The number of ether oxygens (including phenoxy) is 2. The number of halogens is 2. The zero-order valence-electron chi connectivity index (χ0n) is 17.8. The molecule has 0 aliphatic carbocycles. The zero-order chi connectivity index (χ0) is 22.6. The van der Waals surface area contributed by atoms with Gasteiger partial charge in [-0.2, -0.15) is 5.26 Å². The number of aromatic nitrogens is 1. The Morgan fingerprint density at radius 3 is 2.61 bits per heavy atom. The van der Waals surface area contributed by atoms with Crippen LogP contribution in [-0.4, -0.2) is 34.7 Å². The molecule has 31 heavy (non-hydrogen) atoms. The largest absolute Gasteiger partial charge is 0.473 e. The van der Waals surface area contributed by atoms with Gasteiger partial charge in [0.05, 0.1) is 11.8 Å². The predicted molar refractivity (Wildman–Crippen MR) is 114 cm³/mol. The fourth-order valence-corrected chi connectivity index (χ4v) is 3.53. The Kier molecular flexibility index (Phi) is 6.71. The molecular weight excluding hydrogens is 421 g/mol. The van der Waals surface area contributed by atoms with E-state index in [4.69, 9.17) is 21.1 Å². The first-order valence-electron chi connectivity index (χ1n) is 10.1. The maximum absolute atomic E-state index is 14.0. The fourth-order valence-electron chi connectivity index (χ4n) is 3.37. The van der Waals surface area contributed by atoms with Gasteiger partial charge in [0.15, 0.2) is 0 Å². The lowest BCUT2D eigenvalue weighted by Crippen LogP contribution is -2.46. The van der Waals surface area contributed by atoms with Crippen LogP contribution in [0.1, 0.15) is 44.9 Å². The average Bonchev–Trinajstić information content (AvgIpc) is 2.72. The van der Waals surface area contributed by atoms with E-state index in [2.05, 4.69) is 11.1 Å². The Bertz CT molecular complexity index is 992. The number of benzene rings is 1. The summed E-state index contributed by atoms with van der Waals surface area (Å²) >= 11 is 5.78. The van der Waals surface area contributed by atoms with Gasteiger partial charge >= 0.3 is 6.09 Å². The van der Waals surface area contributed by atoms with E-state index < -0.39 is 16.8 Å². The SMILES string of the molecule is CC(C)(C)OC(=O)N1CCC(C#N)(c2cccc(OCc3ccc(Cl)cc3F)n2)CC1. The molecule has 1 amide bonds. The summed E-state index contributed by atoms with van der Waals surface area (Å²) in [6.45, 7) is 6.24. The summed E-state index contributed by atoms with van der Waals surface area (Å²) < 4.78 is 25.1. The van der Waals surface area contributed by atoms with Gasteiger partial charge in [0.25, 0.3) is 0 Å². The standard InChI is InChI=1S/C23H25ClFN3O3/c1-22(2,3)31-21(29)28-11-9-23(15-26,10-12-28)19-5-4-6-20(27-19)30-14-16-7-8-17(24)13-18(16)25/h4-8,13H,9-12,14H2,1-3H3. The summed E-state index contributed by atoms with van der Waals surface area (Å²) in [7, 11) is 0. The molecule has 2 aromatic rings. The van der Waals surface area contributed by atoms with Gasteiger partial charge in [-0.05, 0) is 51.8 Å². The number of piperidine rings is 1. The van der Waals surface area contributed by atoms with Gasteiger partial charge in [0.2, 0.25) is 5.88 Å². The molecule has 1 aliphatic rings. The van der Waals surface area contributed by atoms with Crippen LogP contribution in [0.2, 0.25) is 5.02 Å². The van der Waals surface area contributed by atoms with Gasteiger partial charge in [-0.25, -0.2) is 14.2 Å². The number of amides is 1. The number of nitriles is 1. The number of pyridine rings is 1. The number of hydrogen-bond donors (Lipinski definition) is 0. The van der Waals surface area contributed by atoms with Crippen LogP contribution in [0.5, 0.6) is 5.88 Å². The van der Waals surface area contributed by atoms with Crippen molar-refractivity contribution in [1.82, 2.24) is 9.88 Å². The van der Waals surface area contributed by atoms with Gasteiger partial charge in [0.1, 0.15) is 23.4 Å². The summed E-state index contributed by atoms with van der Waals surface area (Å²) in [5.41, 5.74) is -0.466. The number of likely N-dealkylation sites (tertiary alicyclic amines) is 1. The minimum atomic E-state index is -0.830. The van der Waals surface area contributed by atoms with Crippen LogP contribution in [0, 0.1) is 17.1 Å². The lowest BCUT2D eigenvalue weighted by atomic mass is 9.76. The highest BCUT2D eigenvalue weighted by Crippen LogP contribution is 2.35. The Balaban J connectivity index is 1.69. The molecule has 0 spiro atoms. The molecule has 0 saturated carbocycles. The smallest absolute Gasteiger partial charge is 0.410 e. The molecule has 0 N–H and O–H groups in total. The van der Waals surface area contributed by atoms with Gasteiger partial charge in [0, 0.05) is 29.7 Å². The zero-order valence-corrected chi connectivity index (χ0v) is 18.6. The molecule has 0 unspecified atom stereocenters. The first kappa shape index (κ1) is 22.8. The van der Waals surface area contributed by atoms with Gasteiger partial charge < -0.3 is 14.4 Å². The maximum atomic E-state index is 14.0. The molecule has 1 aromatic heterocycles. The van der Waals surface area contributed by atoms with Gasteiger partial charge in [-0.15, -0.1) is 0 Å². The summed E-state index contributed by atoms with van der Waals surface area (Å²) in [6.07, 6.45) is 0.491. The van der Waals surface area contributed by atoms with Crippen molar-refractivity contribution in [1.29, 1.82) is 5.26 Å².